The highest BCUT2D eigenvalue weighted by molar-refractivity contribution is 7.81. The van der Waals surface area contributed by atoms with Crippen LogP contribution in [0.2, 0.25) is 0 Å². The Morgan fingerprint density at radius 2 is 1.79 bits per heavy atom. The molecule has 4 aliphatic rings. The third-order valence-corrected chi connectivity index (χ3v) is 5.01. The highest BCUT2D eigenvalue weighted by Gasteiger charge is 2.59. The summed E-state index contributed by atoms with van der Waals surface area (Å²) in [5.41, 5.74) is -0.397. The van der Waals surface area contributed by atoms with Crippen LogP contribution in [0.4, 0.5) is 0 Å². The summed E-state index contributed by atoms with van der Waals surface area (Å²) >= 11 is 4.74. The number of aliphatic carboxylic acids is 1. The van der Waals surface area contributed by atoms with E-state index in [0.29, 0.717) is 11.8 Å². The summed E-state index contributed by atoms with van der Waals surface area (Å²) in [6, 6.07) is 0. The normalized spacial score (nSPS) is 54.9. The van der Waals surface area contributed by atoms with E-state index in [-0.39, 0.29) is 4.75 Å². The molecule has 0 aromatic carbocycles. The Morgan fingerprint density at radius 3 is 2.21 bits per heavy atom. The first-order chi connectivity index (χ1) is 6.51. The molecule has 0 radical (unpaired) electrons. The van der Waals surface area contributed by atoms with Crippen molar-refractivity contribution in [2.45, 2.75) is 43.3 Å². The van der Waals surface area contributed by atoms with E-state index in [1.54, 1.807) is 0 Å². The van der Waals surface area contributed by atoms with E-state index in [1.165, 1.54) is 6.42 Å². The number of carbonyl (C=O) groups is 1. The largest absolute Gasteiger partial charge is 0.481 e. The van der Waals surface area contributed by atoms with Gasteiger partial charge in [0.15, 0.2) is 0 Å². The quantitative estimate of drug-likeness (QED) is 0.655. The number of rotatable bonds is 1. The number of carboxylic acids is 1. The van der Waals surface area contributed by atoms with Crippen molar-refractivity contribution in [3.63, 3.8) is 0 Å². The summed E-state index contributed by atoms with van der Waals surface area (Å²) in [7, 11) is 0. The fourth-order valence-corrected chi connectivity index (χ4v) is 5.28. The molecule has 0 spiro atoms. The molecule has 3 heteroatoms. The monoisotopic (exact) mass is 212 g/mol. The number of hydrogen-bond donors (Lipinski definition) is 2. The second kappa shape index (κ2) is 2.49. The van der Waals surface area contributed by atoms with Gasteiger partial charge in [-0.15, -0.1) is 0 Å². The predicted octanol–water partition coefficient (Wildman–Crippen LogP) is 2.34. The molecule has 4 rings (SSSR count). The first-order valence-electron chi connectivity index (χ1n) is 5.47. The van der Waals surface area contributed by atoms with Crippen molar-refractivity contribution in [3.8, 4) is 0 Å². The van der Waals surface area contributed by atoms with Crippen molar-refractivity contribution in [1.82, 2.24) is 0 Å². The van der Waals surface area contributed by atoms with Crippen LogP contribution in [-0.2, 0) is 4.79 Å². The summed E-state index contributed by atoms with van der Waals surface area (Å²) in [4.78, 5) is 11.4. The molecular formula is C11H16O2S. The molecule has 4 aliphatic carbocycles. The molecule has 4 saturated carbocycles. The third kappa shape index (κ3) is 1.08. The Morgan fingerprint density at radius 1 is 1.21 bits per heavy atom. The number of hydrogen-bond acceptors (Lipinski definition) is 2. The van der Waals surface area contributed by atoms with Gasteiger partial charge in [0.2, 0.25) is 0 Å². The summed E-state index contributed by atoms with van der Waals surface area (Å²) in [6.45, 7) is 0. The van der Waals surface area contributed by atoms with Crippen molar-refractivity contribution in [2.24, 2.45) is 17.3 Å². The molecule has 14 heavy (non-hydrogen) atoms. The van der Waals surface area contributed by atoms with Crippen LogP contribution in [-0.4, -0.2) is 15.8 Å². The summed E-state index contributed by atoms with van der Waals surface area (Å²) in [5.74, 6) is 0.722. The van der Waals surface area contributed by atoms with Crippen LogP contribution in [0.5, 0.6) is 0 Å². The van der Waals surface area contributed by atoms with Crippen molar-refractivity contribution < 1.29 is 9.90 Å². The van der Waals surface area contributed by atoms with Gasteiger partial charge in [-0.1, -0.05) is 0 Å². The fourth-order valence-electron chi connectivity index (χ4n) is 4.46. The third-order valence-electron chi connectivity index (χ3n) is 4.48. The van der Waals surface area contributed by atoms with Gasteiger partial charge in [-0.2, -0.15) is 12.6 Å². The summed E-state index contributed by atoms with van der Waals surface area (Å²) < 4.78 is 0.0580. The van der Waals surface area contributed by atoms with Gasteiger partial charge in [-0.05, 0) is 50.4 Å². The highest BCUT2D eigenvalue weighted by Crippen LogP contribution is 2.63. The Bertz CT molecular complexity index is 286. The van der Waals surface area contributed by atoms with E-state index in [9.17, 15) is 9.90 Å². The lowest BCUT2D eigenvalue weighted by molar-refractivity contribution is -0.162. The van der Waals surface area contributed by atoms with Gasteiger partial charge in [0, 0.05) is 4.75 Å². The van der Waals surface area contributed by atoms with Crippen molar-refractivity contribution >= 4 is 18.6 Å². The average Bonchev–Trinajstić information content (AvgIpc) is 1.98. The van der Waals surface area contributed by atoms with Crippen LogP contribution in [0, 0.1) is 17.3 Å². The maximum absolute atomic E-state index is 11.4. The van der Waals surface area contributed by atoms with E-state index >= 15 is 0 Å². The van der Waals surface area contributed by atoms with Gasteiger partial charge in [0.25, 0.3) is 0 Å². The zero-order chi connectivity index (χ0) is 9.97. The molecule has 0 aromatic heterocycles. The fraction of sp³-hybridized carbons (Fsp3) is 0.909. The van der Waals surface area contributed by atoms with Crippen LogP contribution < -0.4 is 0 Å². The van der Waals surface area contributed by atoms with Gasteiger partial charge < -0.3 is 5.11 Å². The molecule has 0 unspecified atom stereocenters. The minimum absolute atomic E-state index is 0.0580. The second-order valence-corrected chi connectivity index (χ2v) is 6.72. The molecule has 4 fully saturated rings. The van der Waals surface area contributed by atoms with E-state index in [2.05, 4.69) is 0 Å². The Hall–Kier alpha value is -0.180. The van der Waals surface area contributed by atoms with Gasteiger partial charge in [-0.3, -0.25) is 4.79 Å². The van der Waals surface area contributed by atoms with E-state index in [4.69, 9.17) is 12.6 Å². The topological polar surface area (TPSA) is 37.3 Å². The predicted molar refractivity (Wildman–Crippen MR) is 56.5 cm³/mol. The molecule has 1 N–H and O–H groups in total. The van der Waals surface area contributed by atoms with E-state index < -0.39 is 11.4 Å². The zero-order valence-electron chi connectivity index (χ0n) is 8.20. The number of carboxylic acid groups (broad SMARTS) is 1. The smallest absolute Gasteiger partial charge is 0.309 e. The van der Waals surface area contributed by atoms with Crippen molar-refractivity contribution in [1.29, 1.82) is 0 Å². The Kier molecular flexibility index (Phi) is 1.61. The highest BCUT2D eigenvalue weighted by atomic mass is 32.1. The number of thiol groups is 1. The lowest BCUT2D eigenvalue weighted by Gasteiger charge is -2.58. The molecule has 0 aromatic rings. The van der Waals surface area contributed by atoms with Crippen LogP contribution >= 0.6 is 12.6 Å². The van der Waals surface area contributed by atoms with Crippen LogP contribution in [0.3, 0.4) is 0 Å². The van der Waals surface area contributed by atoms with E-state index in [1.807, 2.05) is 0 Å². The lowest BCUT2D eigenvalue weighted by Crippen LogP contribution is -2.56. The van der Waals surface area contributed by atoms with E-state index in [0.717, 1.165) is 32.1 Å². The minimum atomic E-state index is -0.565. The Balaban J connectivity index is 2.00. The summed E-state index contributed by atoms with van der Waals surface area (Å²) in [6.07, 6.45) is 6.22. The molecule has 4 bridgehead atoms. The molecule has 0 heterocycles. The second-order valence-electron chi connectivity index (χ2n) is 5.77. The first-order valence-corrected chi connectivity index (χ1v) is 5.92. The van der Waals surface area contributed by atoms with Crippen LogP contribution in [0.1, 0.15) is 38.5 Å². The molecule has 2 atom stereocenters. The lowest BCUT2D eigenvalue weighted by atomic mass is 9.49. The molecule has 0 saturated heterocycles. The van der Waals surface area contributed by atoms with Gasteiger partial charge in [0.1, 0.15) is 0 Å². The Labute approximate surface area is 89.5 Å². The zero-order valence-corrected chi connectivity index (χ0v) is 9.09. The molecule has 78 valence electrons. The standard InChI is InChI=1S/C11H16O2S/c12-9(13)10-2-7-1-8(3-10)5-11(14,4-7)6-10/h7-8,14H,1-6H2,(H,12,13)/t7-,8-,10?,11?/m0/s1. The molecule has 2 nitrogen and oxygen atoms in total. The molecule has 0 aliphatic heterocycles. The molecule has 0 amide bonds. The van der Waals surface area contributed by atoms with Crippen LogP contribution in [0.15, 0.2) is 0 Å². The van der Waals surface area contributed by atoms with Crippen LogP contribution in [0.25, 0.3) is 0 Å². The summed E-state index contributed by atoms with van der Waals surface area (Å²) in [5, 5.41) is 9.36. The maximum Gasteiger partial charge on any atom is 0.309 e. The van der Waals surface area contributed by atoms with Gasteiger partial charge in [-0.25, -0.2) is 0 Å². The van der Waals surface area contributed by atoms with Gasteiger partial charge in [0.05, 0.1) is 5.41 Å². The average molecular weight is 212 g/mol. The molecular weight excluding hydrogens is 196 g/mol. The van der Waals surface area contributed by atoms with Gasteiger partial charge >= 0.3 is 5.97 Å². The maximum atomic E-state index is 11.4. The van der Waals surface area contributed by atoms with Crippen molar-refractivity contribution in [3.05, 3.63) is 0 Å². The SMILES string of the molecule is O=C(O)C12C[C@@H]3C[C@H](CC(S)(C3)C1)C2. The minimum Gasteiger partial charge on any atom is -0.481 e. The van der Waals surface area contributed by atoms with Crippen molar-refractivity contribution in [2.75, 3.05) is 0 Å². The first kappa shape index (κ1) is 9.08.